The molecule has 8 heteroatoms. The first kappa shape index (κ1) is 19.5. The molecule has 0 N–H and O–H groups in total. The van der Waals surface area contributed by atoms with E-state index < -0.39 is 12.4 Å². The van der Waals surface area contributed by atoms with Gasteiger partial charge in [-0.05, 0) is 19.1 Å². The molecule has 2 rings (SSSR count). The summed E-state index contributed by atoms with van der Waals surface area (Å²) in [4.78, 5) is 2.21. The number of hydrogen-bond acceptors (Lipinski definition) is 3. The molecule has 1 fully saturated rings. The Bertz CT molecular complexity index is 454. The van der Waals surface area contributed by atoms with E-state index in [1.165, 1.54) is 19.1 Å². The minimum atomic E-state index is -4.95. The maximum absolute atomic E-state index is 12.7. The van der Waals surface area contributed by atoms with Gasteiger partial charge in [0.15, 0.2) is 0 Å². The average Bonchev–Trinajstić information content (AvgIpc) is 2.38. The van der Waals surface area contributed by atoms with Gasteiger partial charge in [0.25, 0.3) is 0 Å². The van der Waals surface area contributed by atoms with Crippen molar-refractivity contribution in [2.75, 3.05) is 39.5 Å². The molecule has 0 unspecified atom stereocenters. The molecule has 0 atom stereocenters. The van der Waals surface area contributed by atoms with Crippen molar-refractivity contribution in [3.8, 4) is 5.75 Å². The number of aryl methyl sites for hydroxylation is 1. The van der Waals surface area contributed by atoms with Gasteiger partial charge in [0.1, 0.15) is 12.4 Å². The van der Waals surface area contributed by atoms with Crippen molar-refractivity contribution in [2.24, 2.45) is 0 Å². The zero-order valence-corrected chi connectivity index (χ0v) is 15.6. The quantitative estimate of drug-likeness (QED) is 0.632. The molecule has 3 nitrogen and oxygen atoms in total. The van der Waals surface area contributed by atoms with Crippen LogP contribution in [0.25, 0.3) is 0 Å². The van der Waals surface area contributed by atoms with Gasteiger partial charge in [-0.1, -0.05) is 11.6 Å². The van der Waals surface area contributed by atoms with Crippen LogP contribution in [0.4, 0.5) is 12.9 Å². The van der Waals surface area contributed by atoms with Crippen LogP contribution in [-0.4, -0.2) is 51.3 Å². The maximum atomic E-state index is 12.7. The summed E-state index contributed by atoms with van der Waals surface area (Å²) in [6.07, 6.45) is 0. The molecule has 112 valence electrons. The van der Waals surface area contributed by atoms with Gasteiger partial charge in [0.2, 0.25) is 0 Å². The second kappa shape index (κ2) is 8.91. The Hall–Kier alpha value is 0.431. The third-order valence-corrected chi connectivity index (χ3v) is 3.37. The summed E-state index contributed by atoms with van der Waals surface area (Å²) in [6.45, 7) is 0.925. The van der Waals surface area contributed by atoms with Crippen LogP contribution in [0.5, 0.6) is 5.75 Å². The predicted octanol–water partition coefficient (Wildman–Crippen LogP) is -1.24. The summed E-state index contributed by atoms with van der Waals surface area (Å²) in [5, 5.41) is 0. The largest absolute Gasteiger partial charge is 1.00 e. The Morgan fingerprint density at radius 2 is 1.90 bits per heavy atom. The van der Waals surface area contributed by atoms with E-state index in [4.69, 9.17) is 9.47 Å². The van der Waals surface area contributed by atoms with E-state index in [-0.39, 0.29) is 56.9 Å². The number of hydrogen-bond donors (Lipinski definition) is 0. The SMILES string of the molecule is Cc1cc(OCCN2CCOCC2)ccc1[B-](F)(F)F.[K+]. The topological polar surface area (TPSA) is 21.7 Å². The van der Waals surface area contributed by atoms with Gasteiger partial charge in [-0.3, -0.25) is 4.90 Å². The molecule has 1 saturated heterocycles. The summed E-state index contributed by atoms with van der Waals surface area (Å²) >= 11 is 0. The van der Waals surface area contributed by atoms with Crippen molar-refractivity contribution in [3.05, 3.63) is 23.8 Å². The van der Waals surface area contributed by atoms with E-state index in [9.17, 15) is 12.9 Å². The zero-order chi connectivity index (χ0) is 14.6. The van der Waals surface area contributed by atoms with Crippen LogP contribution in [-0.2, 0) is 4.74 Å². The molecule has 0 radical (unpaired) electrons. The summed E-state index contributed by atoms with van der Waals surface area (Å²) in [6, 6.07) is 3.93. The maximum Gasteiger partial charge on any atom is 1.00 e. The monoisotopic (exact) mass is 327 g/mol. The number of ether oxygens (including phenoxy) is 2. The molecule has 0 amide bonds. The fraction of sp³-hybridized carbons (Fsp3) is 0.538. The Kier molecular flexibility index (Phi) is 8.26. The number of nitrogens with zero attached hydrogens (tertiary/aromatic N) is 1. The first-order valence-corrected chi connectivity index (χ1v) is 6.70. The summed E-state index contributed by atoms with van der Waals surface area (Å²) in [5.41, 5.74) is -0.341. The molecule has 1 aromatic rings. The predicted molar refractivity (Wildman–Crippen MR) is 72.6 cm³/mol. The molecule has 0 aromatic heterocycles. The molecule has 0 aliphatic carbocycles. The molecule has 0 spiro atoms. The van der Waals surface area contributed by atoms with Crippen LogP contribution in [0.15, 0.2) is 18.2 Å². The van der Waals surface area contributed by atoms with Crippen LogP contribution in [0.3, 0.4) is 0 Å². The third kappa shape index (κ3) is 6.21. The van der Waals surface area contributed by atoms with Crippen molar-refractivity contribution in [1.82, 2.24) is 4.90 Å². The average molecular weight is 327 g/mol. The van der Waals surface area contributed by atoms with Crippen molar-refractivity contribution in [1.29, 1.82) is 0 Å². The van der Waals surface area contributed by atoms with Gasteiger partial charge >= 0.3 is 58.4 Å². The molecule has 21 heavy (non-hydrogen) atoms. The molecule has 0 bridgehead atoms. The fourth-order valence-corrected chi connectivity index (χ4v) is 2.22. The number of benzene rings is 1. The van der Waals surface area contributed by atoms with Crippen molar-refractivity contribution in [3.63, 3.8) is 0 Å². The van der Waals surface area contributed by atoms with E-state index >= 15 is 0 Å². The Balaban J connectivity index is 0.00000220. The Labute approximate surface area is 165 Å². The second-order valence-corrected chi connectivity index (χ2v) is 4.90. The number of rotatable bonds is 5. The van der Waals surface area contributed by atoms with Crippen LogP contribution in [0.2, 0.25) is 0 Å². The van der Waals surface area contributed by atoms with Gasteiger partial charge < -0.3 is 22.4 Å². The first-order valence-electron chi connectivity index (χ1n) is 6.70. The van der Waals surface area contributed by atoms with Gasteiger partial charge in [-0.2, -0.15) is 0 Å². The van der Waals surface area contributed by atoms with Gasteiger partial charge in [0, 0.05) is 19.6 Å². The molecular formula is C13H18BF3KNO2. The zero-order valence-electron chi connectivity index (χ0n) is 12.4. The van der Waals surface area contributed by atoms with E-state index in [0.717, 1.165) is 38.9 Å². The van der Waals surface area contributed by atoms with Crippen LogP contribution >= 0.6 is 0 Å². The van der Waals surface area contributed by atoms with E-state index in [1.54, 1.807) is 0 Å². The molecule has 1 aromatic carbocycles. The molecule has 1 aliphatic heterocycles. The van der Waals surface area contributed by atoms with Crippen molar-refractivity contribution >= 4 is 12.4 Å². The van der Waals surface area contributed by atoms with E-state index in [0.29, 0.717) is 12.4 Å². The summed E-state index contributed by atoms with van der Waals surface area (Å²) < 4.78 is 48.8. The fourth-order valence-electron chi connectivity index (χ4n) is 2.22. The number of halogens is 3. The smallest absolute Gasteiger partial charge is 0.492 e. The first-order chi connectivity index (χ1) is 9.47. The molecule has 0 saturated carbocycles. The van der Waals surface area contributed by atoms with Gasteiger partial charge in [-0.15, -0.1) is 5.46 Å². The second-order valence-electron chi connectivity index (χ2n) is 4.90. The Morgan fingerprint density at radius 1 is 1.24 bits per heavy atom. The van der Waals surface area contributed by atoms with Crippen LogP contribution < -0.4 is 61.6 Å². The molecule has 1 heterocycles. The van der Waals surface area contributed by atoms with Crippen molar-refractivity contribution < 1.29 is 73.8 Å². The van der Waals surface area contributed by atoms with Crippen LogP contribution in [0, 0.1) is 6.92 Å². The minimum absolute atomic E-state index is 0. The van der Waals surface area contributed by atoms with Gasteiger partial charge in [0.05, 0.1) is 13.2 Å². The minimum Gasteiger partial charge on any atom is -0.492 e. The molecular weight excluding hydrogens is 309 g/mol. The third-order valence-electron chi connectivity index (χ3n) is 3.37. The molecule has 1 aliphatic rings. The van der Waals surface area contributed by atoms with E-state index in [2.05, 4.69) is 4.90 Å². The Morgan fingerprint density at radius 3 is 2.48 bits per heavy atom. The van der Waals surface area contributed by atoms with Gasteiger partial charge in [-0.25, -0.2) is 0 Å². The van der Waals surface area contributed by atoms with Crippen LogP contribution in [0.1, 0.15) is 5.56 Å². The summed E-state index contributed by atoms with van der Waals surface area (Å²) in [5.74, 6) is 0.486. The number of morpholine rings is 1. The van der Waals surface area contributed by atoms with Crippen molar-refractivity contribution in [2.45, 2.75) is 6.92 Å². The normalized spacial score (nSPS) is 16.4. The summed E-state index contributed by atoms with van der Waals surface area (Å²) in [7, 11) is 0. The standard InChI is InChI=1S/C13H18BF3NO2.K/c1-11-10-12(2-3-13(11)14(15,16)17)20-9-6-18-4-7-19-8-5-18;/h2-3,10H,4-9H2,1H3;/q-1;+1. The van der Waals surface area contributed by atoms with E-state index in [1.807, 2.05) is 0 Å².